The maximum atomic E-state index is 10.9. The highest BCUT2D eigenvalue weighted by Crippen LogP contribution is 2.07. The van der Waals surface area contributed by atoms with Gasteiger partial charge in [0.05, 0.1) is 6.54 Å². The number of nitrogens with two attached hydrogens (primary N) is 1. The zero-order chi connectivity index (χ0) is 8.27. The molecule has 0 bridgehead atoms. The van der Waals surface area contributed by atoms with Crippen LogP contribution in [0.2, 0.25) is 5.02 Å². The van der Waals surface area contributed by atoms with E-state index < -0.39 is 0 Å². The van der Waals surface area contributed by atoms with Crippen LogP contribution < -0.4 is 5.73 Å². The summed E-state index contributed by atoms with van der Waals surface area (Å²) in [6.07, 6.45) is 1.48. The van der Waals surface area contributed by atoms with Crippen LogP contribution in [0.1, 0.15) is 10.5 Å². The number of nitrogens with zero attached hydrogens (tertiary/aromatic N) is 1. The van der Waals surface area contributed by atoms with Gasteiger partial charge in [-0.05, 0) is 12.1 Å². The third-order valence-corrected chi connectivity index (χ3v) is 1.43. The van der Waals surface area contributed by atoms with Gasteiger partial charge in [0, 0.05) is 11.2 Å². The van der Waals surface area contributed by atoms with E-state index in [2.05, 4.69) is 4.98 Å². The number of aromatic nitrogens is 1. The van der Waals surface area contributed by atoms with Crippen LogP contribution in [0.3, 0.4) is 0 Å². The lowest BCUT2D eigenvalue weighted by molar-refractivity contribution is 0.0996. The molecule has 0 fully saturated rings. The molecule has 58 valence electrons. The van der Waals surface area contributed by atoms with Gasteiger partial charge in [0.2, 0.25) is 0 Å². The van der Waals surface area contributed by atoms with Gasteiger partial charge in [-0.1, -0.05) is 11.6 Å². The molecule has 0 aromatic carbocycles. The van der Waals surface area contributed by atoms with Crippen LogP contribution in [0, 0.1) is 0 Å². The van der Waals surface area contributed by atoms with Crippen LogP contribution in [-0.2, 0) is 0 Å². The van der Waals surface area contributed by atoms with E-state index in [1.165, 1.54) is 12.3 Å². The fourth-order valence-electron chi connectivity index (χ4n) is 0.662. The van der Waals surface area contributed by atoms with Crippen molar-refractivity contribution in [3.8, 4) is 0 Å². The maximum absolute atomic E-state index is 10.9. The third-order valence-electron chi connectivity index (χ3n) is 1.19. The number of hydrogen-bond acceptors (Lipinski definition) is 3. The van der Waals surface area contributed by atoms with E-state index in [-0.39, 0.29) is 12.3 Å². The summed E-state index contributed by atoms with van der Waals surface area (Å²) in [5.41, 5.74) is 5.44. The van der Waals surface area contributed by atoms with Crippen molar-refractivity contribution < 1.29 is 4.79 Å². The van der Waals surface area contributed by atoms with E-state index in [1.807, 2.05) is 0 Å². The largest absolute Gasteiger partial charge is 0.324 e. The Bertz CT molecular complexity index is 275. The maximum Gasteiger partial charge on any atom is 0.194 e. The van der Waals surface area contributed by atoms with Crippen molar-refractivity contribution in [1.29, 1.82) is 0 Å². The van der Waals surface area contributed by atoms with E-state index in [0.717, 1.165) is 0 Å². The van der Waals surface area contributed by atoms with Crippen molar-refractivity contribution >= 4 is 17.4 Å². The predicted molar refractivity (Wildman–Crippen MR) is 42.6 cm³/mol. The quantitative estimate of drug-likeness (QED) is 0.671. The molecule has 1 aromatic heterocycles. The second kappa shape index (κ2) is 3.46. The molecule has 0 saturated carbocycles. The Balaban J connectivity index is 2.96. The fraction of sp³-hybridized carbons (Fsp3) is 0.143. The Kier molecular flexibility index (Phi) is 2.57. The van der Waals surface area contributed by atoms with E-state index in [1.54, 1.807) is 6.07 Å². The third kappa shape index (κ3) is 2.00. The molecule has 0 aliphatic heterocycles. The molecular weight excluding hydrogens is 164 g/mol. The highest BCUT2D eigenvalue weighted by atomic mass is 35.5. The van der Waals surface area contributed by atoms with Crippen molar-refractivity contribution in [3.05, 3.63) is 29.0 Å². The number of halogens is 1. The monoisotopic (exact) mass is 170 g/mol. The van der Waals surface area contributed by atoms with Crippen LogP contribution in [-0.4, -0.2) is 17.3 Å². The molecule has 3 nitrogen and oxygen atoms in total. The van der Waals surface area contributed by atoms with Gasteiger partial charge in [0.25, 0.3) is 0 Å². The summed E-state index contributed by atoms with van der Waals surface area (Å²) in [4.78, 5) is 14.7. The number of pyridine rings is 1. The highest BCUT2D eigenvalue weighted by molar-refractivity contribution is 6.30. The average molecular weight is 171 g/mol. The number of carbonyl (C=O) groups is 1. The number of rotatable bonds is 2. The van der Waals surface area contributed by atoms with Gasteiger partial charge < -0.3 is 5.73 Å². The molecule has 0 aliphatic rings. The second-order valence-corrected chi connectivity index (χ2v) is 2.42. The minimum Gasteiger partial charge on any atom is -0.324 e. The second-order valence-electron chi connectivity index (χ2n) is 1.99. The van der Waals surface area contributed by atoms with Crippen LogP contribution in [0.4, 0.5) is 0 Å². The van der Waals surface area contributed by atoms with Crippen molar-refractivity contribution in [2.45, 2.75) is 0 Å². The van der Waals surface area contributed by atoms with Gasteiger partial charge >= 0.3 is 0 Å². The van der Waals surface area contributed by atoms with Crippen LogP contribution >= 0.6 is 11.6 Å². The van der Waals surface area contributed by atoms with Gasteiger partial charge in [0.1, 0.15) is 5.69 Å². The number of Topliss-reactive ketones (excluding diaryl/α,β-unsaturated/α-hetero) is 1. The van der Waals surface area contributed by atoms with Crippen molar-refractivity contribution in [2.24, 2.45) is 5.73 Å². The fourth-order valence-corrected chi connectivity index (χ4v) is 0.822. The molecule has 11 heavy (non-hydrogen) atoms. The van der Waals surface area contributed by atoms with Gasteiger partial charge in [0.15, 0.2) is 5.78 Å². The normalized spacial score (nSPS) is 9.64. The van der Waals surface area contributed by atoms with E-state index in [9.17, 15) is 4.79 Å². The molecule has 4 heteroatoms. The average Bonchev–Trinajstić information content (AvgIpc) is 2.03. The summed E-state index contributed by atoms with van der Waals surface area (Å²) in [6, 6.07) is 3.10. The molecule has 0 atom stereocenters. The van der Waals surface area contributed by atoms with Crippen molar-refractivity contribution in [2.75, 3.05) is 6.54 Å². The van der Waals surface area contributed by atoms with E-state index in [4.69, 9.17) is 17.3 Å². The first-order chi connectivity index (χ1) is 5.24. The lowest BCUT2D eigenvalue weighted by Crippen LogP contribution is -2.14. The van der Waals surface area contributed by atoms with Gasteiger partial charge in [-0.2, -0.15) is 0 Å². The van der Waals surface area contributed by atoms with Gasteiger partial charge in [-0.15, -0.1) is 0 Å². The van der Waals surface area contributed by atoms with Crippen LogP contribution in [0.5, 0.6) is 0 Å². The Hall–Kier alpha value is -0.930. The number of carbonyl (C=O) groups excluding carboxylic acids is 1. The molecule has 0 unspecified atom stereocenters. The summed E-state index contributed by atoms with van der Waals surface area (Å²) in [6.45, 7) is -0.0344. The van der Waals surface area contributed by atoms with Crippen molar-refractivity contribution in [1.82, 2.24) is 4.98 Å². The smallest absolute Gasteiger partial charge is 0.194 e. The molecule has 0 saturated heterocycles. The zero-order valence-corrected chi connectivity index (χ0v) is 6.51. The van der Waals surface area contributed by atoms with Gasteiger partial charge in [-0.25, -0.2) is 0 Å². The van der Waals surface area contributed by atoms with Crippen molar-refractivity contribution in [3.63, 3.8) is 0 Å². The standard InChI is InChI=1S/C7H7ClN2O/c8-5-1-2-10-6(3-5)7(11)4-9/h1-3H,4,9H2. The zero-order valence-electron chi connectivity index (χ0n) is 5.75. The Morgan fingerprint density at radius 2 is 2.45 bits per heavy atom. The molecule has 0 amide bonds. The highest BCUT2D eigenvalue weighted by Gasteiger charge is 2.03. The minimum absolute atomic E-state index is 0.0344. The van der Waals surface area contributed by atoms with E-state index >= 15 is 0 Å². The number of ketones is 1. The molecule has 1 aromatic rings. The van der Waals surface area contributed by atoms with E-state index in [0.29, 0.717) is 10.7 Å². The van der Waals surface area contributed by atoms with Crippen LogP contribution in [0.25, 0.3) is 0 Å². The predicted octanol–water partition coefficient (Wildman–Crippen LogP) is 0.876. The summed E-state index contributed by atoms with van der Waals surface area (Å²) in [7, 11) is 0. The summed E-state index contributed by atoms with van der Waals surface area (Å²) < 4.78 is 0. The van der Waals surface area contributed by atoms with Gasteiger partial charge in [-0.3, -0.25) is 9.78 Å². The SMILES string of the molecule is NCC(=O)c1cc(Cl)ccn1. The molecule has 0 spiro atoms. The Morgan fingerprint density at radius 1 is 1.73 bits per heavy atom. The Morgan fingerprint density at radius 3 is 3.00 bits per heavy atom. The molecular formula is C7H7ClN2O. The summed E-state index contributed by atoms with van der Waals surface area (Å²) >= 11 is 5.61. The first-order valence-corrected chi connectivity index (χ1v) is 3.46. The first kappa shape index (κ1) is 8.17. The summed E-state index contributed by atoms with van der Waals surface area (Å²) in [5.74, 6) is -0.201. The molecule has 1 heterocycles. The summed E-state index contributed by atoms with van der Waals surface area (Å²) in [5, 5.41) is 0.497. The van der Waals surface area contributed by atoms with Crippen LogP contribution in [0.15, 0.2) is 18.3 Å². The molecule has 2 N–H and O–H groups in total. The minimum atomic E-state index is -0.201. The first-order valence-electron chi connectivity index (χ1n) is 3.09. The lowest BCUT2D eigenvalue weighted by atomic mass is 10.2. The number of hydrogen-bond donors (Lipinski definition) is 1. The topological polar surface area (TPSA) is 56.0 Å². The molecule has 1 rings (SSSR count). The Labute approximate surface area is 69.2 Å². The lowest BCUT2D eigenvalue weighted by Gasteiger charge is -1.95. The molecule has 0 radical (unpaired) electrons. The molecule has 0 aliphatic carbocycles.